The molecule has 0 heterocycles. The van der Waals surface area contributed by atoms with Crippen LogP contribution in [0.3, 0.4) is 0 Å². The molecule has 0 N–H and O–H groups in total. The number of ether oxygens (including phenoxy) is 1. The molecule has 3 rings (SSSR count). The van der Waals surface area contributed by atoms with E-state index in [1.54, 1.807) is 32.0 Å². The first-order valence-electron chi connectivity index (χ1n) is 11.3. The molecule has 39 heavy (non-hydrogen) atoms. The summed E-state index contributed by atoms with van der Waals surface area (Å²) < 4.78 is 125. The van der Waals surface area contributed by atoms with Gasteiger partial charge in [0.2, 0.25) is 0 Å². The topological polar surface area (TPSA) is 29.5 Å². The minimum atomic E-state index is -5.12. The highest BCUT2D eigenvalue weighted by atomic mass is 19.4. The summed E-state index contributed by atoms with van der Waals surface area (Å²) in [6.45, 7) is 2.08. The number of nitrogens with zero attached hydrogens (tertiary/aromatic N) is 1. The summed E-state index contributed by atoms with van der Waals surface area (Å²) in [5.74, 6) is 0. The van der Waals surface area contributed by atoms with E-state index in [1.165, 1.54) is 6.07 Å². The van der Waals surface area contributed by atoms with Gasteiger partial charge in [0.15, 0.2) is 0 Å². The molecule has 0 radical (unpaired) electrons. The lowest BCUT2D eigenvalue weighted by molar-refractivity contribution is -0.143. The predicted molar refractivity (Wildman–Crippen MR) is 124 cm³/mol. The molecular weight excluding hydrogens is 541 g/mol. The van der Waals surface area contributed by atoms with Gasteiger partial charge in [0.1, 0.15) is 0 Å². The summed E-state index contributed by atoms with van der Waals surface area (Å²) in [6.07, 6.45) is -16.2. The Balaban J connectivity index is 2.15. The number of carbonyl (C=O) groups is 1. The van der Waals surface area contributed by atoms with Crippen LogP contribution in [0.4, 0.5) is 44.3 Å². The largest absolute Gasteiger partial charge is 0.453 e. The van der Waals surface area contributed by atoms with Crippen LogP contribution in [0.2, 0.25) is 0 Å². The van der Waals surface area contributed by atoms with Gasteiger partial charge in [0, 0.05) is 13.1 Å². The third kappa shape index (κ3) is 7.24. The Labute approximate surface area is 217 Å². The second-order valence-electron chi connectivity index (χ2n) is 8.93. The smallest absolute Gasteiger partial charge is 0.416 e. The minimum absolute atomic E-state index is 0.0352. The monoisotopic (exact) mass is 563 g/mol. The van der Waals surface area contributed by atoms with Gasteiger partial charge in [-0.15, -0.1) is 0 Å². The zero-order chi connectivity index (χ0) is 29.3. The van der Waals surface area contributed by atoms with Crippen LogP contribution in [0.15, 0.2) is 54.6 Å². The fourth-order valence-corrected chi connectivity index (χ4v) is 4.04. The van der Waals surface area contributed by atoms with E-state index in [-0.39, 0.29) is 11.6 Å². The number of hydrogen-bond donors (Lipinski definition) is 0. The van der Waals surface area contributed by atoms with Crippen LogP contribution < -0.4 is 0 Å². The van der Waals surface area contributed by atoms with Gasteiger partial charge < -0.3 is 4.74 Å². The van der Waals surface area contributed by atoms with Crippen molar-refractivity contribution in [1.29, 1.82) is 0 Å². The van der Waals surface area contributed by atoms with Crippen LogP contribution in [-0.4, -0.2) is 18.1 Å². The molecule has 0 saturated carbocycles. The van der Waals surface area contributed by atoms with Crippen LogP contribution >= 0.6 is 0 Å². The number of halogens is 9. The maximum Gasteiger partial charge on any atom is 0.416 e. The SMILES string of the molecule is COC(=O)N(Cc1cc(C(F)(F)F)cc(C(F)(F)F)c1)Cc1cc(C(F)(F)F)ccc1-c1cc(C)ccc1C. The zero-order valence-electron chi connectivity index (χ0n) is 20.8. The Morgan fingerprint density at radius 1 is 0.692 bits per heavy atom. The first-order valence-corrected chi connectivity index (χ1v) is 11.3. The molecule has 0 aliphatic rings. The van der Waals surface area contributed by atoms with Crippen molar-refractivity contribution in [1.82, 2.24) is 4.90 Å². The number of alkyl halides is 9. The first kappa shape index (κ1) is 29.9. The molecule has 3 aromatic carbocycles. The lowest BCUT2D eigenvalue weighted by atomic mass is 9.92. The third-order valence-corrected chi connectivity index (χ3v) is 5.93. The molecule has 210 valence electrons. The highest BCUT2D eigenvalue weighted by molar-refractivity contribution is 5.73. The summed E-state index contributed by atoms with van der Waals surface area (Å²) in [5.41, 5.74) is -2.47. The molecule has 0 aromatic heterocycles. The lowest BCUT2D eigenvalue weighted by Crippen LogP contribution is -2.30. The van der Waals surface area contributed by atoms with Crippen molar-refractivity contribution in [3.63, 3.8) is 0 Å². The molecular formula is C27H22F9NO2. The van der Waals surface area contributed by atoms with Crippen LogP contribution in [-0.2, 0) is 36.4 Å². The van der Waals surface area contributed by atoms with Crippen molar-refractivity contribution in [3.8, 4) is 11.1 Å². The number of aryl methyl sites for hydroxylation is 2. The van der Waals surface area contributed by atoms with Gasteiger partial charge in [-0.3, -0.25) is 4.90 Å². The number of rotatable bonds is 5. The maximum absolute atomic E-state index is 13.5. The average Bonchev–Trinajstić information content (AvgIpc) is 2.83. The summed E-state index contributed by atoms with van der Waals surface area (Å²) in [4.78, 5) is 13.3. The number of methoxy groups -OCH3 is 1. The van der Waals surface area contributed by atoms with E-state index in [4.69, 9.17) is 0 Å². The molecule has 0 fully saturated rings. The van der Waals surface area contributed by atoms with Gasteiger partial charge in [0.05, 0.1) is 23.8 Å². The summed E-state index contributed by atoms with van der Waals surface area (Å²) >= 11 is 0. The van der Waals surface area contributed by atoms with Crippen molar-refractivity contribution in [2.45, 2.75) is 45.5 Å². The first-order chi connectivity index (χ1) is 17.9. The molecule has 0 atom stereocenters. The Kier molecular flexibility index (Phi) is 8.28. The van der Waals surface area contributed by atoms with Crippen molar-refractivity contribution in [2.75, 3.05) is 7.11 Å². The fourth-order valence-electron chi connectivity index (χ4n) is 4.04. The molecule has 0 unspecified atom stereocenters. The molecule has 0 bridgehead atoms. The summed E-state index contributed by atoms with van der Waals surface area (Å²) in [6, 6.07) is 8.93. The van der Waals surface area contributed by atoms with Gasteiger partial charge in [-0.1, -0.05) is 29.8 Å². The average molecular weight is 563 g/mol. The fraction of sp³-hybridized carbons (Fsp3) is 0.296. The Morgan fingerprint density at radius 2 is 1.26 bits per heavy atom. The van der Waals surface area contributed by atoms with E-state index in [1.807, 2.05) is 0 Å². The van der Waals surface area contributed by atoms with Crippen LogP contribution in [0, 0.1) is 13.8 Å². The molecule has 0 aliphatic carbocycles. The molecule has 0 aliphatic heterocycles. The van der Waals surface area contributed by atoms with Crippen molar-refractivity contribution >= 4 is 6.09 Å². The lowest BCUT2D eigenvalue weighted by Gasteiger charge is -2.25. The highest BCUT2D eigenvalue weighted by Gasteiger charge is 2.37. The predicted octanol–water partition coefficient (Wildman–Crippen LogP) is 8.80. The Hall–Kier alpha value is -3.70. The number of hydrogen-bond acceptors (Lipinski definition) is 2. The minimum Gasteiger partial charge on any atom is -0.453 e. The van der Waals surface area contributed by atoms with Gasteiger partial charge in [-0.2, -0.15) is 39.5 Å². The van der Waals surface area contributed by atoms with Crippen molar-refractivity contribution < 1.29 is 49.0 Å². The standard InChI is InChI=1S/C27H22F9NO2/c1-15-4-5-16(2)23(8-15)22-7-6-19(25(28,29)30)11-18(22)14-37(24(38)39-3)13-17-9-20(26(31,32)33)12-21(10-17)27(34,35)36/h4-12H,13-14H2,1-3H3. The zero-order valence-corrected chi connectivity index (χ0v) is 20.8. The Morgan fingerprint density at radius 3 is 1.77 bits per heavy atom. The van der Waals surface area contributed by atoms with Gasteiger partial charge >= 0.3 is 24.6 Å². The summed E-state index contributed by atoms with van der Waals surface area (Å²) in [5, 5.41) is 0. The Bertz CT molecular complexity index is 1330. The van der Waals surface area contributed by atoms with Crippen molar-refractivity contribution in [2.24, 2.45) is 0 Å². The van der Waals surface area contributed by atoms with E-state index in [0.717, 1.165) is 29.7 Å². The van der Waals surface area contributed by atoms with E-state index in [0.29, 0.717) is 28.8 Å². The third-order valence-electron chi connectivity index (χ3n) is 5.93. The summed E-state index contributed by atoms with van der Waals surface area (Å²) in [7, 11) is 0.931. The van der Waals surface area contributed by atoms with Crippen LogP contribution in [0.25, 0.3) is 11.1 Å². The maximum atomic E-state index is 13.5. The highest BCUT2D eigenvalue weighted by Crippen LogP contribution is 2.38. The van der Waals surface area contributed by atoms with E-state index < -0.39 is 60.0 Å². The second-order valence-corrected chi connectivity index (χ2v) is 8.93. The van der Waals surface area contributed by atoms with Gasteiger partial charge in [-0.05, 0) is 72.0 Å². The van der Waals surface area contributed by atoms with Crippen LogP contribution in [0.1, 0.15) is 38.9 Å². The van der Waals surface area contributed by atoms with E-state index in [2.05, 4.69) is 4.74 Å². The van der Waals surface area contributed by atoms with Crippen LogP contribution in [0.5, 0.6) is 0 Å². The van der Waals surface area contributed by atoms with E-state index >= 15 is 0 Å². The normalized spacial score (nSPS) is 12.4. The van der Waals surface area contributed by atoms with Gasteiger partial charge in [-0.25, -0.2) is 4.79 Å². The molecule has 3 aromatic rings. The molecule has 1 amide bonds. The molecule has 12 heteroatoms. The van der Waals surface area contributed by atoms with Crippen molar-refractivity contribution in [3.05, 3.63) is 93.5 Å². The number of carbonyl (C=O) groups excluding carboxylic acids is 1. The van der Waals surface area contributed by atoms with Gasteiger partial charge in [0.25, 0.3) is 0 Å². The molecule has 0 spiro atoms. The molecule has 3 nitrogen and oxygen atoms in total. The van der Waals surface area contributed by atoms with E-state index in [9.17, 15) is 44.3 Å². The number of benzene rings is 3. The number of amides is 1. The second kappa shape index (κ2) is 10.8. The molecule has 0 saturated heterocycles. The quantitative estimate of drug-likeness (QED) is 0.291.